The van der Waals surface area contributed by atoms with Gasteiger partial charge in [-0.1, -0.05) is 18.2 Å². The van der Waals surface area contributed by atoms with Gasteiger partial charge in [0.25, 0.3) is 0 Å². The second-order valence-corrected chi connectivity index (χ2v) is 4.68. The van der Waals surface area contributed by atoms with Gasteiger partial charge in [0, 0.05) is 18.9 Å². The van der Waals surface area contributed by atoms with Gasteiger partial charge in [0.15, 0.2) is 0 Å². The smallest absolute Gasteiger partial charge is 0.328 e. The summed E-state index contributed by atoms with van der Waals surface area (Å²) in [6.07, 6.45) is 3.06. The van der Waals surface area contributed by atoms with Crippen molar-refractivity contribution in [2.75, 3.05) is 0 Å². The van der Waals surface area contributed by atoms with Gasteiger partial charge >= 0.3 is 5.97 Å². The molecular formula is C15H15NO4. The normalized spacial score (nSPS) is 16.9. The monoisotopic (exact) mass is 273 g/mol. The summed E-state index contributed by atoms with van der Waals surface area (Å²) in [5.41, 5.74) is 1.52. The van der Waals surface area contributed by atoms with Crippen LogP contribution in [-0.4, -0.2) is 27.8 Å². The Balaban J connectivity index is 2.24. The first-order valence-corrected chi connectivity index (χ1v) is 6.35. The molecule has 20 heavy (non-hydrogen) atoms. The lowest BCUT2D eigenvalue weighted by Crippen LogP contribution is -2.31. The van der Waals surface area contributed by atoms with Gasteiger partial charge in [-0.15, -0.1) is 0 Å². The molecule has 0 aliphatic carbocycles. The van der Waals surface area contributed by atoms with Gasteiger partial charge in [0.05, 0.1) is 6.04 Å². The number of nitrogens with zero attached hydrogens (tertiary/aromatic N) is 1. The molecule has 1 heterocycles. The molecule has 104 valence electrons. The molecule has 0 radical (unpaired) electrons. The number of hydrogen-bond donors (Lipinski definition) is 1. The van der Waals surface area contributed by atoms with Crippen LogP contribution in [-0.2, 0) is 14.4 Å². The fourth-order valence-electron chi connectivity index (χ4n) is 2.26. The van der Waals surface area contributed by atoms with E-state index in [1.54, 1.807) is 25.1 Å². The maximum absolute atomic E-state index is 11.7. The second kappa shape index (κ2) is 5.69. The molecule has 0 saturated carbocycles. The SMILES string of the molecule is CC(c1cccc(C=CC(=O)O)c1)N1C(=O)CCC1=O. The van der Waals surface area contributed by atoms with Crippen molar-refractivity contribution in [3.05, 3.63) is 41.5 Å². The summed E-state index contributed by atoms with van der Waals surface area (Å²) in [4.78, 5) is 35.2. The van der Waals surface area contributed by atoms with Crippen LogP contribution in [0, 0.1) is 0 Å². The summed E-state index contributed by atoms with van der Waals surface area (Å²) in [5, 5.41) is 8.61. The van der Waals surface area contributed by atoms with Gasteiger partial charge in [-0.25, -0.2) is 4.79 Å². The number of carbonyl (C=O) groups excluding carboxylic acids is 2. The molecule has 0 bridgehead atoms. The van der Waals surface area contributed by atoms with Crippen molar-refractivity contribution in [1.82, 2.24) is 4.90 Å². The predicted octanol–water partition coefficient (Wildman–Crippen LogP) is 1.99. The van der Waals surface area contributed by atoms with Crippen molar-refractivity contribution in [3.63, 3.8) is 0 Å². The third-order valence-electron chi connectivity index (χ3n) is 3.29. The highest BCUT2D eigenvalue weighted by atomic mass is 16.4. The number of likely N-dealkylation sites (tertiary alicyclic amines) is 1. The van der Waals surface area contributed by atoms with Crippen LogP contribution >= 0.6 is 0 Å². The summed E-state index contributed by atoms with van der Waals surface area (Å²) in [7, 11) is 0. The molecule has 2 rings (SSSR count). The summed E-state index contributed by atoms with van der Waals surface area (Å²) in [6.45, 7) is 1.79. The Morgan fingerprint density at radius 3 is 2.55 bits per heavy atom. The quantitative estimate of drug-likeness (QED) is 0.672. The van der Waals surface area contributed by atoms with Gasteiger partial charge in [-0.3, -0.25) is 14.5 Å². The van der Waals surface area contributed by atoms with Gasteiger partial charge in [-0.05, 0) is 30.2 Å². The number of carbonyl (C=O) groups is 3. The van der Waals surface area contributed by atoms with Gasteiger partial charge in [0.2, 0.25) is 11.8 Å². The van der Waals surface area contributed by atoms with Crippen LogP contribution in [0.25, 0.3) is 6.08 Å². The maximum atomic E-state index is 11.7. The van der Waals surface area contributed by atoms with E-state index in [1.807, 2.05) is 6.07 Å². The molecule has 1 aliphatic heterocycles. The standard InChI is InChI=1S/C15H15NO4/c1-10(16-13(17)6-7-14(16)18)12-4-2-3-11(9-12)5-8-15(19)20/h2-5,8-10H,6-7H2,1H3,(H,19,20). The molecular weight excluding hydrogens is 258 g/mol. The van der Waals surface area contributed by atoms with E-state index in [0.717, 1.165) is 17.2 Å². The molecule has 1 fully saturated rings. The van der Waals surface area contributed by atoms with Crippen molar-refractivity contribution in [3.8, 4) is 0 Å². The number of benzene rings is 1. The Morgan fingerprint density at radius 2 is 1.95 bits per heavy atom. The molecule has 1 unspecified atom stereocenters. The van der Waals surface area contributed by atoms with E-state index in [9.17, 15) is 14.4 Å². The highest BCUT2D eigenvalue weighted by Gasteiger charge is 2.33. The zero-order valence-electron chi connectivity index (χ0n) is 11.1. The minimum Gasteiger partial charge on any atom is -0.478 e. The molecule has 1 aliphatic rings. The highest BCUT2D eigenvalue weighted by molar-refractivity contribution is 6.02. The van der Waals surface area contributed by atoms with Gasteiger partial charge in [-0.2, -0.15) is 0 Å². The number of imide groups is 1. The van der Waals surface area contributed by atoms with Crippen LogP contribution in [0.4, 0.5) is 0 Å². The molecule has 2 amide bonds. The Morgan fingerprint density at radius 1 is 1.30 bits per heavy atom. The Kier molecular flexibility index (Phi) is 3.98. The number of hydrogen-bond acceptors (Lipinski definition) is 3. The van der Waals surface area contributed by atoms with E-state index in [2.05, 4.69) is 0 Å². The molecule has 1 saturated heterocycles. The lowest BCUT2D eigenvalue weighted by Gasteiger charge is -2.23. The Hall–Kier alpha value is -2.43. The lowest BCUT2D eigenvalue weighted by molar-refractivity contribution is -0.141. The van der Waals surface area contributed by atoms with Crippen molar-refractivity contribution < 1.29 is 19.5 Å². The van der Waals surface area contributed by atoms with E-state index in [1.165, 1.54) is 11.0 Å². The van der Waals surface area contributed by atoms with Crippen molar-refractivity contribution in [1.29, 1.82) is 0 Å². The fourth-order valence-corrected chi connectivity index (χ4v) is 2.26. The molecule has 5 nitrogen and oxygen atoms in total. The predicted molar refractivity (Wildman–Crippen MR) is 72.6 cm³/mol. The zero-order valence-corrected chi connectivity index (χ0v) is 11.1. The van der Waals surface area contributed by atoms with E-state index < -0.39 is 5.97 Å². The van der Waals surface area contributed by atoms with Crippen LogP contribution < -0.4 is 0 Å². The number of amides is 2. The number of carboxylic acid groups (broad SMARTS) is 1. The summed E-state index contributed by atoms with van der Waals surface area (Å²) >= 11 is 0. The van der Waals surface area contributed by atoms with E-state index in [0.29, 0.717) is 0 Å². The minimum absolute atomic E-state index is 0.158. The average Bonchev–Trinajstić information content (AvgIpc) is 2.75. The zero-order chi connectivity index (χ0) is 14.7. The van der Waals surface area contributed by atoms with E-state index in [4.69, 9.17) is 5.11 Å². The van der Waals surface area contributed by atoms with Crippen molar-refractivity contribution >= 4 is 23.9 Å². The first kappa shape index (κ1) is 14.0. The number of rotatable bonds is 4. The largest absolute Gasteiger partial charge is 0.478 e. The van der Waals surface area contributed by atoms with Gasteiger partial charge < -0.3 is 5.11 Å². The van der Waals surface area contributed by atoms with E-state index in [-0.39, 0.29) is 30.7 Å². The van der Waals surface area contributed by atoms with Crippen LogP contribution in [0.2, 0.25) is 0 Å². The van der Waals surface area contributed by atoms with Crippen LogP contribution in [0.5, 0.6) is 0 Å². The molecule has 1 atom stereocenters. The molecule has 0 spiro atoms. The third-order valence-corrected chi connectivity index (χ3v) is 3.29. The average molecular weight is 273 g/mol. The Bertz CT molecular complexity index is 575. The summed E-state index contributed by atoms with van der Waals surface area (Å²) in [6, 6.07) is 6.81. The number of carboxylic acids is 1. The minimum atomic E-state index is -1.02. The summed E-state index contributed by atoms with van der Waals surface area (Å²) < 4.78 is 0. The van der Waals surface area contributed by atoms with Crippen LogP contribution in [0.15, 0.2) is 30.3 Å². The maximum Gasteiger partial charge on any atom is 0.328 e. The van der Waals surface area contributed by atoms with Crippen molar-refractivity contribution in [2.24, 2.45) is 0 Å². The molecule has 5 heteroatoms. The van der Waals surface area contributed by atoms with Crippen LogP contribution in [0.1, 0.15) is 36.9 Å². The second-order valence-electron chi connectivity index (χ2n) is 4.68. The number of aliphatic carboxylic acids is 1. The van der Waals surface area contributed by atoms with Crippen LogP contribution in [0.3, 0.4) is 0 Å². The first-order chi connectivity index (χ1) is 9.49. The third kappa shape index (κ3) is 2.93. The summed E-state index contributed by atoms with van der Waals surface area (Å²) in [5.74, 6) is -1.34. The fraction of sp³-hybridized carbons (Fsp3) is 0.267. The van der Waals surface area contributed by atoms with E-state index >= 15 is 0 Å². The molecule has 0 aromatic heterocycles. The topological polar surface area (TPSA) is 74.7 Å². The molecule has 1 N–H and O–H groups in total. The molecule has 1 aromatic rings. The Labute approximate surface area is 116 Å². The molecule has 1 aromatic carbocycles. The van der Waals surface area contributed by atoms with Gasteiger partial charge in [0.1, 0.15) is 0 Å². The lowest BCUT2D eigenvalue weighted by atomic mass is 10.0. The van der Waals surface area contributed by atoms with Crippen molar-refractivity contribution in [2.45, 2.75) is 25.8 Å². The first-order valence-electron chi connectivity index (χ1n) is 6.35. The highest BCUT2D eigenvalue weighted by Crippen LogP contribution is 2.27.